The Morgan fingerprint density at radius 1 is 0.960 bits per heavy atom. The highest BCUT2D eigenvalue weighted by Gasteiger charge is 2.23. The number of nitrogens with zero attached hydrogens (tertiary/aromatic N) is 3. The van der Waals surface area contributed by atoms with E-state index in [0.717, 1.165) is 17.7 Å². The highest BCUT2D eigenvalue weighted by Crippen LogP contribution is 2.33. The first-order chi connectivity index (χ1) is 12.2. The molecule has 0 saturated carbocycles. The Kier molecular flexibility index (Phi) is 4.84. The van der Waals surface area contributed by atoms with E-state index >= 15 is 0 Å². The zero-order chi connectivity index (χ0) is 17.6. The summed E-state index contributed by atoms with van der Waals surface area (Å²) in [6.45, 7) is 2.03. The number of para-hydroxylation sites is 2. The summed E-state index contributed by atoms with van der Waals surface area (Å²) in [5.74, 6) is 0.294. The lowest BCUT2D eigenvalue weighted by molar-refractivity contribution is -0.383. The van der Waals surface area contributed by atoms with Crippen LogP contribution in [0.25, 0.3) is 0 Å². The number of benzene rings is 2. The first-order valence-electron chi connectivity index (χ1n) is 7.85. The predicted octanol–water partition coefficient (Wildman–Crippen LogP) is 4.43. The third kappa shape index (κ3) is 3.72. The van der Waals surface area contributed by atoms with Crippen LogP contribution < -0.4 is 10.6 Å². The van der Waals surface area contributed by atoms with Gasteiger partial charge >= 0.3 is 5.69 Å². The number of anilines is 4. The van der Waals surface area contributed by atoms with Crippen LogP contribution in [0, 0.1) is 10.1 Å². The zero-order valence-electron chi connectivity index (χ0n) is 13.6. The molecule has 7 heteroatoms. The molecule has 0 aliphatic carbocycles. The van der Waals surface area contributed by atoms with Gasteiger partial charge in [-0.05, 0) is 30.2 Å². The molecule has 1 aromatic heterocycles. The maximum atomic E-state index is 11.6. The van der Waals surface area contributed by atoms with Crippen LogP contribution in [0.15, 0.2) is 60.9 Å². The van der Waals surface area contributed by atoms with Crippen molar-refractivity contribution in [2.75, 3.05) is 10.6 Å². The molecule has 2 aromatic carbocycles. The Morgan fingerprint density at radius 2 is 1.60 bits per heavy atom. The van der Waals surface area contributed by atoms with Gasteiger partial charge in [0.05, 0.1) is 4.92 Å². The lowest BCUT2D eigenvalue weighted by Gasteiger charge is -2.12. The fourth-order valence-electron chi connectivity index (χ4n) is 2.47. The van der Waals surface area contributed by atoms with Gasteiger partial charge in [-0.25, -0.2) is 9.97 Å². The number of aromatic nitrogens is 2. The first-order valence-corrected chi connectivity index (χ1v) is 7.85. The van der Waals surface area contributed by atoms with Gasteiger partial charge in [-0.2, -0.15) is 0 Å². The SMILES string of the molecule is CCc1ccccc1Nc1ncnc(Nc2ccccc2)c1[N+](=O)[O-]. The molecule has 126 valence electrons. The Hall–Kier alpha value is -3.48. The molecule has 0 amide bonds. The van der Waals surface area contributed by atoms with Crippen LogP contribution in [0.4, 0.5) is 28.7 Å². The summed E-state index contributed by atoms with van der Waals surface area (Å²) in [5, 5.41) is 17.7. The normalized spacial score (nSPS) is 10.3. The van der Waals surface area contributed by atoms with Crippen LogP contribution in [0.1, 0.15) is 12.5 Å². The highest BCUT2D eigenvalue weighted by atomic mass is 16.6. The number of nitro groups is 1. The molecule has 2 N–H and O–H groups in total. The van der Waals surface area contributed by atoms with Crippen LogP contribution in [0.3, 0.4) is 0 Å². The Morgan fingerprint density at radius 3 is 2.28 bits per heavy atom. The highest BCUT2D eigenvalue weighted by molar-refractivity contribution is 5.77. The van der Waals surface area contributed by atoms with E-state index in [0.29, 0.717) is 5.69 Å². The van der Waals surface area contributed by atoms with Gasteiger partial charge in [0.15, 0.2) is 0 Å². The van der Waals surface area contributed by atoms with Gasteiger partial charge in [-0.1, -0.05) is 43.3 Å². The molecule has 3 aromatic rings. The Labute approximate surface area is 144 Å². The van der Waals surface area contributed by atoms with E-state index < -0.39 is 4.92 Å². The molecular formula is C18H17N5O2. The molecule has 0 atom stereocenters. The summed E-state index contributed by atoms with van der Waals surface area (Å²) in [6.07, 6.45) is 2.10. The predicted molar refractivity (Wildman–Crippen MR) is 97.5 cm³/mol. The van der Waals surface area contributed by atoms with Gasteiger partial charge in [-0.15, -0.1) is 0 Å². The van der Waals surface area contributed by atoms with E-state index in [-0.39, 0.29) is 17.3 Å². The molecular weight excluding hydrogens is 318 g/mol. The van der Waals surface area contributed by atoms with Crippen LogP contribution >= 0.6 is 0 Å². The smallest absolute Gasteiger partial charge is 0.334 e. The molecule has 1 heterocycles. The van der Waals surface area contributed by atoms with Gasteiger partial charge in [0.25, 0.3) is 0 Å². The van der Waals surface area contributed by atoms with Gasteiger partial charge in [-0.3, -0.25) is 10.1 Å². The Bertz CT molecular complexity index is 884. The van der Waals surface area contributed by atoms with Crippen LogP contribution in [-0.2, 0) is 6.42 Å². The van der Waals surface area contributed by atoms with Crippen molar-refractivity contribution in [3.05, 3.63) is 76.6 Å². The number of hydrogen-bond donors (Lipinski definition) is 2. The molecule has 25 heavy (non-hydrogen) atoms. The fourth-order valence-corrected chi connectivity index (χ4v) is 2.47. The molecule has 0 fully saturated rings. The molecule has 0 saturated heterocycles. The number of hydrogen-bond acceptors (Lipinski definition) is 6. The van der Waals surface area contributed by atoms with Gasteiger partial charge in [0, 0.05) is 11.4 Å². The minimum Gasteiger partial charge on any atom is -0.334 e. The molecule has 0 radical (unpaired) electrons. The summed E-state index contributed by atoms with van der Waals surface area (Å²) in [6, 6.07) is 16.8. The van der Waals surface area contributed by atoms with Crippen LogP contribution in [0.5, 0.6) is 0 Å². The van der Waals surface area contributed by atoms with Crippen molar-refractivity contribution >= 4 is 28.7 Å². The molecule has 0 unspecified atom stereocenters. The summed E-state index contributed by atoms with van der Waals surface area (Å²) in [4.78, 5) is 19.2. The average Bonchev–Trinajstić information content (AvgIpc) is 2.63. The van der Waals surface area contributed by atoms with E-state index in [2.05, 4.69) is 20.6 Å². The minimum atomic E-state index is -0.484. The van der Waals surface area contributed by atoms with E-state index in [4.69, 9.17) is 0 Å². The maximum absolute atomic E-state index is 11.6. The van der Waals surface area contributed by atoms with Gasteiger partial charge in [0.2, 0.25) is 11.6 Å². The standard InChI is InChI=1S/C18H17N5O2/c1-2-13-8-6-7-11-15(13)22-18-16(23(24)25)17(19-12-20-18)21-14-9-4-3-5-10-14/h3-12H,2H2,1H3,(H2,19,20,21,22). The minimum absolute atomic E-state index is 0.141. The second kappa shape index (κ2) is 7.39. The van der Waals surface area contributed by atoms with Gasteiger partial charge in [0.1, 0.15) is 6.33 Å². The van der Waals surface area contributed by atoms with Crippen molar-refractivity contribution < 1.29 is 4.92 Å². The van der Waals surface area contributed by atoms with Crippen molar-refractivity contribution in [3.63, 3.8) is 0 Å². The molecule has 0 aliphatic heterocycles. The largest absolute Gasteiger partial charge is 0.353 e. The first kappa shape index (κ1) is 16.4. The van der Waals surface area contributed by atoms with Crippen molar-refractivity contribution in [2.45, 2.75) is 13.3 Å². The maximum Gasteiger partial charge on any atom is 0.353 e. The van der Waals surface area contributed by atoms with Crippen molar-refractivity contribution in [1.29, 1.82) is 0 Å². The molecule has 0 spiro atoms. The number of nitrogens with one attached hydrogen (secondary N) is 2. The average molecular weight is 335 g/mol. The van der Waals surface area contributed by atoms with E-state index in [9.17, 15) is 10.1 Å². The third-order valence-corrected chi connectivity index (χ3v) is 3.69. The quantitative estimate of drug-likeness (QED) is 0.511. The Balaban J connectivity index is 1.99. The van der Waals surface area contributed by atoms with Crippen LogP contribution in [0.2, 0.25) is 0 Å². The summed E-state index contributed by atoms with van der Waals surface area (Å²) in [7, 11) is 0. The van der Waals surface area contributed by atoms with Gasteiger partial charge < -0.3 is 10.6 Å². The molecule has 0 bridgehead atoms. The summed E-state index contributed by atoms with van der Waals surface area (Å²) >= 11 is 0. The van der Waals surface area contributed by atoms with Crippen molar-refractivity contribution in [2.24, 2.45) is 0 Å². The molecule has 7 nitrogen and oxygen atoms in total. The van der Waals surface area contributed by atoms with E-state index in [1.165, 1.54) is 6.33 Å². The second-order valence-corrected chi connectivity index (χ2v) is 5.30. The lowest BCUT2D eigenvalue weighted by Crippen LogP contribution is -2.06. The monoisotopic (exact) mass is 335 g/mol. The molecule has 3 rings (SSSR count). The van der Waals surface area contributed by atoms with Crippen LogP contribution in [-0.4, -0.2) is 14.9 Å². The summed E-state index contributed by atoms with van der Waals surface area (Å²) < 4.78 is 0. The third-order valence-electron chi connectivity index (χ3n) is 3.69. The molecule has 0 aliphatic rings. The lowest BCUT2D eigenvalue weighted by atomic mass is 10.1. The zero-order valence-corrected chi connectivity index (χ0v) is 13.6. The topological polar surface area (TPSA) is 93.0 Å². The van der Waals surface area contributed by atoms with Crippen molar-refractivity contribution in [3.8, 4) is 0 Å². The second-order valence-electron chi connectivity index (χ2n) is 5.30. The van der Waals surface area contributed by atoms with E-state index in [1.807, 2.05) is 61.5 Å². The van der Waals surface area contributed by atoms with Crippen molar-refractivity contribution in [1.82, 2.24) is 9.97 Å². The summed E-state index contributed by atoms with van der Waals surface area (Å²) in [5.41, 5.74) is 2.35. The fraction of sp³-hybridized carbons (Fsp3) is 0.111. The number of rotatable bonds is 6. The van der Waals surface area contributed by atoms with E-state index in [1.54, 1.807) is 0 Å². The number of aryl methyl sites for hydroxylation is 1.